The van der Waals surface area contributed by atoms with E-state index in [-0.39, 0.29) is 29.1 Å². The van der Waals surface area contributed by atoms with Crippen molar-refractivity contribution >= 4 is 29.0 Å². The quantitative estimate of drug-likeness (QED) is 0.738. The molecule has 0 spiro atoms. The van der Waals surface area contributed by atoms with E-state index in [9.17, 15) is 14.0 Å². The van der Waals surface area contributed by atoms with Crippen molar-refractivity contribution in [3.05, 3.63) is 29.0 Å². The van der Waals surface area contributed by atoms with E-state index in [2.05, 4.69) is 0 Å². The van der Waals surface area contributed by atoms with Crippen LogP contribution in [0, 0.1) is 5.82 Å². The molecule has 1 aromatic carbocycles. The summed E-state index contributed by atoms with van der Waals surface area (Å²) >= 11 is 5.70. The van der Waals surface area contributed by atoms with Gasteiger partial charge in [0.25, 0.3) is 5.91 Å². The number of anilines is 1. The fourth-order valence-electron chi connectivity index (χ4n) is 2.67. The van der Waals surface area contributed by atoms with E-state index in [1.54, 1.807) is 4.90 Å². The molecule has 0 radical (unpaired) electrons. The fraction of sp³-hybridized carbons (Fsp3) is 0.385. The lowest BCUT2D eigenvalue weighted by Gasteiger charge is -2.24. The number of amides is 1. The van der Waals surface area contributed by atoms with Crippen LogP contribution in [-0.4, -0.2) is 35.8 Å². The Bertz CT molecular complexity index is 564. The number of benzene rings is 1. The molecular formula is C13H12ClFN2O2. The molecule has 3 rings (SSSR count). The van der Waals surface area contributed by atoms with Crippen LogP contribution in [0.5, 0.6) is 0 Å². The minimum atomic E-state index is -0.733. The van der Waals surface area contributed by atoms with Crippen LogP contribution in [-0.2, 0) is 9.59 Å². The number of rotatable bonds is 1. The monoisotopic (exact) mass is 282 g/mol. The van der Waals surface area contributed by atoms with E-state index in [0.717, 1.165) is 6.42 Å². The van der Waals surface area contributed by atoms with Gasteiger partial charge in [-0.25, -0.2) is 4.39 Å². The average Bonchev–Trinajstić information content (AvgIpc) is 2.68. The zero-order valence-corrected chi connectivity index (χ0v) is 10.9. The maximum Gasteiger partial charge on any atom is 0.253 e. The van der Waals surface area contributed by atoms with Crippen LogP contribution in [0.4, 0.5) is 10.1 Å². The van der Waals surface area contributed by atoms with Gasteiger partial charge < -0.3 is 0 Å². The maximum atomic E-state index is 13.9. The van der Waals surface area contributed by atoms with Gasteiger partial charge in [-0.15, -0.1) is 0 Å². The van der Waals surface area contributed by atoms with Crippen molar-refractivity contribution < 1.29 is 14.0 Å². The summed E-state index contributed by atoms with van der Waals surface area (Å²) in [6, 6.07) is 3.44. The number of carbonyl (C=O) groups excluding carboxylic acids is 2. The van der Waals surface area contributed by atoms with Crippen molar-refractivity contribution in [3.8, 4) is 0 Å². The molecular weight excluding hydrogens is 271 g/mol. The Morgan fingerprint density at radius 1 is 1.32 bits per heavy atom. The Balaban J connectivity index is 1.94. The highest BCUT2D eigenvalue weighted by Gasteiger charge is 2.45. The van der Waals surface area contributed by atoms with Crippen molar-refractivity contribution in [2.24, 2.45) is 0 Å². The Hall–Kier alpha value is -1.46. The van der Waals surface area contributed by atoms with Crippen LogP contribution < -0.4 is 4.90 Å². The van der Waals surface area contributed by atoms with Crippen LogP contribution in [0.2, 0.25) is 5.02 Å². The second kappa shape index (κ2) is 4.58. The predicted octanol–water partition coefficient (Wildman–Crippen LogP) is 1.82. The molecule has 0 saturated carbocycles. The molecule has 2 aliphatic heterocycles. The SMILES string of the molecule is O=C1CCCN2CN(c3ccc(Cl)cc3F)C(=O)C12. The number of hydrogen-bond acceptors (Lipinski definition) is 3. The van der Waals surface area contributed by atoms with Crippen LogP contribution in [0.25, 0.3) is 0 Å². The van der Waals surface area contributed by atoms with E-state index < -0.39 is 11.9 Å². The molecule has 1 aromatic rings. The Labute approximate surface area is 114 Å². The molecule has 0 bridgehead atoms. The average molecular weight is 283 g/mol. The third-order valence-corrected chi connectivity index (χ3v) is 3.80. The minimum Gasteiger partial charge on any atom is -0.297 e. The van der Waals surface area contributed by atoms with Gasteiger partial charge in [-0.3, -0.25) is 19.4 Å². The molecule has 2 heterocycles. The van der Waals surface area contributed by atoms with Gasteiger partial charge in [0.15, 0.2) is 11.8 Å². The number of halogens is 2. The first kappa shape index (κ1) is 12.6. The van der Waals surface area contributed by atoms with Crippen molar-refractivity contribution in [3.63, 3.8) is 0 Å². The molecule has 6 heteroatoms. The molecule has 2 fully saturated rings. The molecule has 0 N–H and O–H groups in total. The molecule has 2 saturated heterocycles. The molecule has 4 nitrogen and oxygen atoms in total. The smallest absolute Gasteiger partial charge is 0.253 e. The third-order valence-electron chi connectivity index (χ3n) is 3.56. The first-order chi connectivity index (χ1) is 9.08. The van der Waals surface area contributed by atoms with Gasteiger partial charge in [0, 0.05) is 18.0 Å². The van der Waals surface area contributed by atoms with Gasteiger partial charge in [0.05, 0.1) is 12.4 Å². The summed E-state index contributed by atoms with van der Waals surface area (Å²) in [5.74, 6) is -0.966. The number of Topliss-reactive ketones (excluding diaryl/α,β-unsaturated/α-hetero) is 1. The summed E-state index contributed by atoms with van der Waals surface area (Å²) in [7, 11) is 0. The third kappa shape index (κ3) is 2.03. The summed E-state index contributed by atoms with van der Waals surface area (Å²) in [5, 5.41) is 0.279. The van der Waals surface area contributed by atoms with Crippen LogP contribution in [0.3, 0.4) is 0 Å². The highest BCUT2D eigenvalue weighted by atomic mass is 35.5. The number of nitrogens with zero attached hydrogens (tertiary/aromatic N) is 2. The predicted molar refractivity (Wildman–Crippen MR) is 68.5 cm³/mol. The number of ketones is 1. The van der Waals surface area contributed by atoms with E-state index in [4.69, 9.17) is 11.6 Å². The molecule has 2 aliphatic rings. The van der Waals surface area contributed by atoms with Crippen molar-refractivity contribution in [2.45, 2.75) is 18.9 Å². The number of carbonyl (C=O) groups is 2. The molecule has 19 heavy (non-hydrogen) atoms. The van der Waals surface area contributed by atoms with Crippen molar-refractivity contribution in [1.29, 1.82) is 0 Å². The highest BCUT2D eigenvalue weighted by molar-refractivity contribution is 6.30. The summed E-state index contributed by atoms with van der Waals surface area (Å²) < 4.78 is 13.9. The first-order valence-corrected chi connectivity index (χ1v) is 6.49. The second-order valence-corrected chi connectivity index (χ2v) is 5.22. The van der Waals surface area contributed by atoms with Gasteiger partial charge in [0.1, 0.15) is 5.82 Å². The van der Waals surface area contributed by atoms with Crippen molar-refractivity contribution in [2.75, 3.05) is 18.1 Å². The molecule has 100 valence electrons. The fourth-order valence-corrected chi connectivity index (χ4v) is 2.82. The Kier molecular flexibility index (Phi) is 3.03. The van der Waals surface area contributed by atoms with Gasteiger partial charge in [-0.1, -0.05) is 11.6 Å². The Morgan fingerprint density at radius 3 is 2.79 bits per heavy atom. The van der Waals surface area contributed by atoms with Gasteiger partial charge in [-0.05, 0) is 24.6 Å². The normalized spacial score (nSPS) is 23.9. The summed E-state index contributed by atoms with van der Waals surface area (Å²) in [6.45, 7) is 0.946. The summed E-state index contributed by atoms with van der Waals surface area (Å²) in [6.07, 6.45) is 1.17. The summed E-state index contributed by atoms with van der Waals surface area (Å²) in [5.41, 5.74) is 0.177. The van der Waals surface area contributed by atoms with Gasteiger partial charge in [-0.2, -0.15) is 0 Å². The molecule has 1 atom stereocenters. The minimum absolute atomic E-state index is 0.0758. The lowest BCUT2D eigenvalue weighted by atomic mass is 10.0. The molecule has 0 aromatic heterocycles. The van der Waals surface area contributed by atoms with Gasteiger partial charge in [0.2, 0.25) is 0 Å². The lowest BCUT2D eigenvalue weighted by molar-refractivity contribution is -0.132. The Morgan fingerprint density at radius 2 is 2.11 bits per heavy atom. The lowest BCUT2D eigenvalue weighted by Crippen LogP contribution is -2.44. The zero-order chi connectivity index (χ0) is 13.6. The van der Waals surface area contributed by atoms with Gasteiger partial charge >= 0.3 is 0 Å². The van der Waals surface area contributed by atoms with Crippen molar-refractivity contribution in [1.82, 2.24) is 4.90 Å². The van der Waals surface area contributed by atoms with E-state index >= 15 is 0 Å². The summed E-state index contributed by atoms with van der Waals surface area (Å²) in [4.78, 5) is 27.2. The molecule has 1 unspecified atom stereocenters. The highest BCUT2D eigenvalue weighted by Crippen LogP contribution is 2.30. The number of piperidine rings is 1. The van der Waals surface area contributed by atoms with E-state index in [0.29, 0.717) is 13.0 Å². The topological polar surface area (TPSA) is 40.6 Å². The van der Waals surface area contributed by atoms with E-state index in [1.165, 1.54) is 23.1 Å². The number of hydrogen-bond donors (Lipinski definition) is 0. The van der Waals surface area contributed by atoms with E-state index in [1.807, 2.05) is 0 Å². The van der Waals surface area contributed by atoms with Crippen LogP contribution >= 0.6 is 11.6 Å². The second-order valence-electron chi connectivity index (χ2n) is 4.79. The number of fused-ring (bicyclic) bond motifs is 1. The molecule has 0 aliphatic carbocycles. The zero-order valence-electron chi connectivity index (χ0n) is 10.1. The largest absolute Gasteiger partial charge is 0.297 e. The molecule has 1 amide bonds. The first-order valence-electron chi connectivity index (χ1n) is 6.11. The maximum absolute atomic E-state index is 13.9. The standard InChI is InChI=1S/C13H12ClFN2O2/c14-8-3-4-10(9(15)6-8)17-7-16-5-1-2-11(18)12(16)13(17)19/h3-4,6,12H,1-2,5,7H2. The van der Waals surface area contributed by atoms with Crippen LogP contribution in [0.1, 0.15) is 12.8 Å². The van der Waals surface area contributed by atoms with Crippen LogP contribution in [0.15, 0.2) is 18.2 Å².